The maximum Gasteiger partial charge on any atom is 0.225 e. The zero-order chi connectivity index (χ0) is 17.2. The monoisotopic (exact) mass is 340 g/mol. The summed E-state index contributed by atoms with van der Waals surface area (Å²) in [7, 11) is 0. The van der Waals surface area contributed by atoms with E-state index < -0.39 is 0 Å². The van der Waals surface area contributed by atoms with Crippen LogP contribution in [0.2, 0.25) is 0 Å². The summed E-state index contributed by atoms with van der Waals surface area (Å²) < 4.78 is 5.44. The molecule has 2 aliphatic heterocycles. The Morgan fingerprint density at radius 3 is 2.44 bits per heavy atom. The summed E-state index contributed by atoms with van der Waals surface area (Å²) in [5, 5.41) is 8.53. The van der Waals surface area contributed by atoms with E-state index in [0.717, 1.165) is 75.4 Å². The number of fused-ring (bicyclic) bond motifs is 1. The third-order valence-corrected chi connectivity index (χ3v) is 4.94. The molecule has 2 aromatic rings. The standard InChI is InChI=1S/C18H24N6O/c1-13-3-4-17(22-21-13)23-7-5-15-14(2)19-18(20-16(15)6-8-23)24-9-11-25-12-10-24/h3-4H,5-12H2,1-2H3. The van der Waals surface area contributed by atoms with Crippen molar-refractivity contribution >= 4 is 11.8 Å². The number of ether oxygens (including phenoxy) is 1. The van der Waals surface area contributed by atoms with Gasteiger partial charge in [-0.05, 0) is 38.0 Å². The molecule has 1 fully saturated rings. The van der Waals surface area contributed by atoms with Gasteiger partial charge in [-0.15, -0.1) is 5.10 Å². The number of nitrogens with zero attached hydrogens (tertiary/aromatic N) is 6. The van der Waals surface area contributed by atoms with E-state index in [1.165, 1.54) is 11.3 Å². The Morgan fingerprint density at radius 1 is 0.880 bits per heavy atom. The van der Waals surface area contributed by atoms with Crippen molar-refractivity contribution in [3.63, 3.8) is 0 Å². The van der Waals surface area contributed by atoms with E-state index in [2.05, 4.69) is 33.0 Å². The Kier molecular flexibility index (Phi) is 4.48. The van der Waals surface area contributed by atoms with Crippen molar-refractivity contribution in [1.29, 1.82) is 0 Å². The van der Waals surface area contributed by atoms with Crippen molar-refractivity contribution in [3.8, 4) is 0 Å². The number of aromatic nitrogens is 4. The lowest BCUT2D eigenvalue weighted by Gasteiger charge is -2.27. The summed E-state index contributed by atoms with van der Waals surface area (Å²) in [5.74, 6) is 1.79. The molecule has 0 radical (unpaired) electrons. The lowest BCUT2D eigenvalue weighted by Crippen LogP contribution is -2.37. The predicted molar refractivity (Wildman–Crippen MR) is 96.2 cm³/mol. The van der Waals surface area contributed by atoms with Gasteiger partial charge in [-0.25, -0.2) is 9.97 Å². The van der Waals surface area contributed by atoms with Crippen molar-refractivity contribution in [2.45, 2.75) is 26.7 Å². The zero-order valence-corrected chi connectivity index (χ0v) is 14.9. The van der Waals surface area contributed by atoms with Crippen LogP contribution in [0.15, 0.2) is 12.1 Å². The van der Waals surface area contributed by atoms with E-state index in [9.17, 15) is 0 Å². The Balaban J connectivity index is 1.56. The number of rotatable bonds is 2. The topological polar surface area (TPSA) is 67.3 Å². The SMILES string of the molecule is Cc1ccc(N2CCc3nc(N4CCOCC4)nc(C)c3CC2)nn1. The fourth-order valence-corrected chi connectivity index (χ4v) is 3.47. The number of hydrogen-bond acceptors (Lipinski definition) is 7. The van der Waals surface area contributed by atoms with Crippen LogP contribution in [0.25, 0.3) is 0 Å². The second-order valence-electron chi connectivity index (χ2n) is 6.65. The van der Waals surface area contributed by atoms with E-state index in [1.807, 2.05) is 13.0 Å². The number of morpholine rings is 1. The Labute approximate surface area is 148 Å². The molecule has 0 N–H and O–H groups in total. The molecular formula is C18H24N6O. The van der Waals surface area contributed by atoms with Crippen LogP contribution in [-0.2, 0) is 17.6 Å². The molecule has 0 aliphatic carbocycles. The highest BCUT2D eigenvalue weighted by molar-refractivity contribution is 5.43. The summed E-state index contributed by atoms with van der Waals surface area (Å²) in [6, 6.07) is 4.07. The molecule has 0 atom stereocenters. The first-order chi connectivity index (χ1) is 12.2. The molecule has 132 valence electrons. The summed E-state index contributed by atoms with van der Waals surface area (Å²) in [4.78, 5) is 14.2. The largest absolute Gasteiger partial charge is 0.378 e. The molecule has 0 bridgehead atoms. The quantitative estimate of drug-likeness (QED) is 0.817. The second-order valence-corrected chi connectivity index (χ2v) is 6.65. The van der Waals surface area contributed by atoms with Crippen molar-refractivity contribution in [1.82, 2.24) is 20.2 Å². The molecule has 4 heterocycles. The molecule has 0 spiro atoms. The highest BCUT2D eigenvalue weighted by Gasteiger charge is 2.22. The van der Waals surface area contributed by atoms with Crippen LogP contribution in [0.1, 0.15) is 22.6 Å². The van der Waals surface area contributed by atoms with Crippen molar-refractivity contribution in [3.05, 3.63) is 34.8 Å². The highest BCUT2D eigenvalue weighted by atomic mass is 16.5. The van der Waals surface area contributed by atoms with Gasteiger partial charge in [0.2, 0.25) is 5.95 Å². The van der Waals surface area contributed by atoms with Crippen LogP contribution in [-0.4, -0.2) is 59.6 Å². The maximum atomic E-state index is 5.44. The number of hydrogen-bond donors (Lipinski definition) is 0. The van der Waals surface area contributed by atoms with Gasteiger partial charge in [-0.2, -0.15) is 5.10 Å². The smallest absolute Gasteiger partial charge is 0.225 e. The van der Waals surface area contributed by atoms with Crippen molar-refractivity contribution in [2.24, 2.45) is 0 Å². The molecule has 1 saturated heterocycles. The highest BCUT2D eigenvalue weighted by Crippen LogP contribution is 2.23. The lowest BCUT2D eigenvalue weighted by atomic mass is 10.1. The molecule has 0 amide bonds. The molecule has 25 heavy (non-hydrogen) atoms. The summed E-state index contributed by atoms with van der Waals surface area (Å²) in [6.45, 7) is 9.12. The average Bonchev–Trinajstić information content (AvgIpc) is 2.86. The fraction of sp³-hybridized carbons (Fsp3) is 0.556. The van der Waals surface area contributed by atoms with Crippen LogP contribution in [0.3, 0.4) is 0 Å². The minimum atomic E-state index is 0.749. The van der Waals surface area contributed by atoms with E-state index in [0.29, 0.717) is 0 Å². The van der Waals surface area contributed by atoms with Gasteiger partial charge in [-0.3, -0.25) is 0 Å². The summed E-state index contributed by atoms with van der Waals surface area (Å²) >= 11 is 0. The molecule has 7 nitrogen and oxygen atoms in total. The summed E-state index contributed by atoms with van der Waals surface area (Å²) in [6.07, 6.45) is 1.85. The van der Waals surface area contributed by atoms with Crippen molar-refractivity contribution in [2.75, 3.05) is 49.2 Å². The Morgan fingerprint density at radius 2 is 1.68 bits per heavy atom. The Bertz CT molecular complexity index is 742. The zero-order valence-electron chi connectivity index (χ0n) is 14.9. The van der Waals surface area contributed by atoms with E-state index in [1.54, 1.807) is 0 Å². The first-order valence-corrected chi connectivity index (χ1v) is 8.95. The average molecular weight is 340 g/mol. The van der Waals surface area contributed by atoms with Gasteiger partial charge in [0.05, 0.1) is 24.6 Å². The van der Waals surface area contributed by atoms with Gasteiger partial charge in [0.25, 0.3) is 0 Å². The lowest BCUT2D eigenvalue weighted by molar-refractivity contribution is 0.122. The van der Waals surface area contributed by atoms with Crippen LogP contribution < -0.4 is 9.80 Å². The number of anilines is 2. The molecule has 0 aromatic carbocycles. The predicted octanol–water partition coefficient (Wildman–Crippen LogP) is 1.33. The fourth-order valence-electron chi connectivity index (χ4n) is 3.47. The third kappa shape index (κ3) is 3.42. The van der Waals surface area contributed by atoms with Gasteiger partial charge >= 0.3 is 0 Å². The minimum absolute atomic E-state index is 0.749. The van der Waals surface area contributed by atoms with E-state index in [4.69, 9.17) is 14.7 Å². The van der Waals surface area contributed by atoms with Gasteiger partial charge in [0.1, 0.15) is 0 Å². The summed E-state index contributed by atoms with van der Waals surface area (Å²) in [5.41, 5.74) is 4.51. The Hall–Kier alpha value is -2.28. The van der Waals surface area contributed by atoms with E-state index >= 15 is 0 Å². The number of aryl methyl sites for hydroxylation is 2. The molecule has 0 saturated carbocycles. The van der Waals surface area contributed by atoms with Gasteiger partial charge in [0, 0.05) is 38.3 Å². The van der Waals surface area contributed by atoms with Crippen molar-refractivity contribution < 1.29 is 4.74 Å². The van der Waals surface area contributed by atoms with E-state index in [-0.39, 0.29) is 0 Å². The van der Waals surface area contributed by atoms with Crippen LogP contribution in [0.4, 0.5) is 11.8 Å². The molecular weight excluding hydrogens is 316 g/mol. The maximum absolute atomic E-state index is 5.44. The molecule has 4 rings (SSSR count). The first kappa shape index (κ1) is 16.2. The van der Waals surface area contributed by atoms with Gasteiger partial charge in [0.15, 0.2) is 5.82 Å². The third-order valence-electron chi connectivity index (χ3n) is 4.94. The second kappa shape index (κ2) is 6.92. The molecule has 2 aromatic heterocycles. The first-order valence-electron chi connectivity index (χ1n) is 8.95. The van der Waals surface area contributed by atoms with Crippen LogP contribution in [0.5, 0.6) is 0 Å². The molecule has 7 heteroatoms. The normalized spacial score (nSPS) is 18.0. The molecule has 0 unspecified atom stereocenters. The minimum Gasteiger partial charge on any atom is -0.378 e. The van der Waals surface area contributed by atoms with Gasteiger partial charge < -0.3 is 14.5 Å². The molecule has 2 aliphatic rings. The van der Waals surface area contributed by atoms with Crippen LogP contribution >= 0.6 is 0 Å². The van der Waals surface area contributed by atoms with Gasteiger partial charge in [-0.1, -0.05) is 0 Å². The van der Waals surface area contributed by atoms with Crippen LogP contribution in [0, 0.1) is 13.8 Å².